The number of sulfone groups is 1. The summed E-state index contributed by atoms with van der Waals surface area (Å²) in [6.07, 6.45) is 15.3. The maximum atomic E-state index is 13.3. The van der Waals surface area contributed by atoms with Crippen molar-refractivity contribution in [2.45, 2.75) is 78.1 Å². The predicted molar refractivity (Wildman–Crippen MR) is 146 cm³/mol. The van der Waals surface area contributed by atoms with E-state index < -0.39 is 9.84 Å². The van der Waals surface area contributed by atoms with Crippen LogP contribution in [0.4, 0.5) is 0 Å². The molecule has 1 aliphatic rings. The third kappa shape index (κ3) is 7.99. The van der Waals surface area contributed by atoms with Crippen LogP contribution in [0.3, 0.4) is 0 Å². The Labute approximate surface area is 212 Å². The molecular weight excluding hydrogens is 456 g/mol. The third-order valence-electron chi connectivity index (χ3n) is 6.28. The monoisotopic (exact) mass is 496 g/mol. The van der Waals surface area contributed by atoms with Crippen molar-refractivity contribution in [1.82, 2.24) is 0 Å². The Bertz CT molecular complexity index is 983. The molecule has 0 N–H and O–H groups in total. The van der Waals surface area contributed by atoms with Gasteiger partial charge in [0.15, 0.2) is 0 Å². The van der Waals surface area contributed by atoms with Gasteiger partial charge in [0.2, 0.25) is 9.84 Å². The summed E-state index contributed by atoms with van der Waals surface area (Å²) in [4.78, 5) is 0.650. The zero-order chi connectivity index (χ0) is 24.9. The molecule has 0 saturated carbocycles. The van der Waals surface area contributed by atoms with Gasteiger partial charge in [-0.15, -0.1) is 0 Å². The van der Waals surface area contributed by atoms with Crippen molar-refractivity contribution in [3.8, 4) is 11.5 Å². The maximum absolute atomic E-state index is 13.3. The van der Waals surface area contributed by atoms with Gasteiger partial charge in [0, 0.05) is 0 Å². The minimum absolute atomic E-state index is 0.325. The molecule has 5 heteroatoms. The number of benzene rings is 2. The lowest BCUT2D eigenvalue weighted by atomic mass is 10.1. The number of allylic oxidation sites excluding steroid dienone is 2. The van der Waals surface area contributed by atoms with Crippen LogP contribution in [0.15, 0.2) is 60.7 Å². The summed E-state index contributed by atoms with van der Waals surface area (Å²) in [6.45, 7) is 5.79. The van der Waals surface area contributed by atoms with Crippen LogP contribution >= 0.6 is 0 Å². The van der Waals surface area contributed by atoms with Gasteiger partial charge in [-0.1, -0.05) is 65.2 Å². The van der Waals surface area contributed by atoms with Gasteiger partial charge in [-0.05, 0) is 84.7 Å². The molecule has 35 heavy (non-hydrogen) atoms. The molecule has 0 unspecified atom stereocenters. The molecule has 0 atom stereocenters. The highest BCUT2D eigenvalue weighted by Gasteiger charge is 2.29. The zero-order valence-corrected chi connectivity index (χ0v) is 22.1. The van der Waals surface area contributed by atoms with E-state index in [4.69, 9.17) is 9.47 Å². The largest absolute Gasteiger partial charge is 0.494 e. The molecule has 0 aliphatic carbocycles. The van der Waals surface area contributed by atoms with Crippen LogP contribution in [0.25, 0.3) is 9.81 Å². The zero-order valence-electron chi connectivity index (χ0n) is 21.3. The first-order valence-electron chi connectivity index (χ1n) is 13.2. The second-order valence-electron chi connectivity index (χ2n) is 9.14. The Hall–Kier alpha value is -2.53. The van der Waals surface area contributed by atoms with Crippen LogP contribution in [-0.2, 0) is 9.84 Å². The summed E-state index contributed by atoms with van der Waals surface area (Å²) in [6, 6.07) is 14.7. The number of hydrogen-bond acceptors (Lipinski definition) is 4. The quantitative estimate of drug-likeness (QED) is 0.220. The van der Waals surface area contributed by atoms with Gasteiger partial charge in [0.05, 0.1) is 23.0 Å². The molecule has 0 spiro atoms. The minimum Gasteiger partial charge on any atom is -0.494 e. The summed E-state index contributed by atoms with van der Waals surface area (Å²) in [5.74, 6) is 1.55. The summed E-state index contributed by atoms with van der Waals surface area (Å²) in [5.41, 5.74) is 1.35. The lowest BCUT2D eigenvalue weighted by Gasteiger charge is -2.11. The van der Waals surface area contributed by atoms with Gasteiger partial charge in [-0.2, -0.15) is 0 Å². The van der Waals surface area contributed by atoms with Crippen molar-refractivity contribution in [1.29, 1.82) is 0 Å². The van der Waals surface area contributed by atoms with Crippen molar-refractivity contribution in [2.75, 3.05) is 13.2 Å². The third-order valence-corrected chi connectivity index (χ3v) is 8.18. The van der Waals surface area contributed by atoms with Crippen LogP contribution in [0, 0.1) is 0 Å². The van der Waals surface area contributed by atoms with E-state index in [0.29, 0.717) is 34.2 Å². The van der Waals surface area contributed by atoms with Crippen molar-refractivity contribution in [3.63, 3.8) is 0 Å². The minimum atomic E-state index is -3.58. The van der Waals surface area contributed by atoms with Crippen LogP contribution in [0.1, 0.15) is 89.2 Å². The van der Waals surface area contributed by atoms with Crippen molar-refractivity contribution in [2.24, 2.45) is 0 Å². The molecule has 0 bridgehead atoms. The maximum Gasteiger partial charge on any atom is 0.207 e. The Balaban J connectivity index is 1.52. The molecule has 0 amide bonds. The lowest BCUT2D eigenvalue weighted by Crippen LogP contribution is -2.03. The van der Waals surface area contributed by atoms with Gasteiger partial charge >= 0.3 is 0 Å². The van der Waals surface area contributed by atoms with E-state index in [-0.39, 0.29) is 0 Å². The van der Waals surface area contributed by atoms with E-state index >= 15 is 0 Å². The highest BCUT2D eigenvalue weighted by atomic mass is 32.2. The molecule has 1 heterocycles. The molecule has 1 aliphatic heterocycles. The van der Waals surface area contributed by atoms with Crippen LogP contribution in [-0.4, -0.2) is 21.6 Å². The number of hydrogen-bond donors (Lipinski definition) is 0. The van der Waals surface area contributed by atoms with Crippen LogP contribution < -0.4 is 9.47 Å². The average Bonchev–Trinajstić information content (AvgIpc) is 3.18. The predicted octanol–water partition coefficient (Wildman–Crippen LogP) is 8.20. The van der Waals surface area contributed by atoms with E-state index in [9.17, 15) is 8.42 Å². The summed E-state index contributed by atoms with van der Waals surface area (Å²) in [7, 11) is -3.58. The van der Waals surface area contributed by atoms with E-state index in [2.05, 4.69) is 13.8 Å². The van der Waals surface area contributed by atoms with E-state index in [1.165, 1.54) is 51.4 Å². The molecule has 0 fully saturated rings. The number of ether oxygens (including phenoxy) is 2. The van der Waals surface area contributed by atoms with Crippen molar-refractivity contribution < 1.29 is 17.9 Å². The highest BCUT2D eigenvalue weighted by Crippen LogP contribution is 2.38. The van der Waals surface area contributed by atoms with Gasteiger partial charge in [-0.25, -0.2) is 8.42 Å². The van der Waals surface area contributed by atoms with Crippen LogP contribution in [0.2, 0.25) is 0 Å². The summed E-state index contributed by atoms with van der Waals surface area (Å²) < 4.78 is 38.2. The van der Waals surface area contributed by atoms with E-state index in [0.717, 1.165) is 24.3 Å². The van der Waals surface area contributed by atoms with Gasteiger partial charge in [0.25, 0.3) is 0 Å². The molecule has 3 rings (SSSR count). The highest BCUT2D eigenvalue weighted by molar-refractivity contribution is 8.09. The first-order chi connectivity index (χ1) is 17.1. The molecule has 0 aromatic heterocycles. The molecule has 190 valence electrons. The first-order valence-corrected chi connectivity index (χ1v) is 14.7. The number of rotatable bonds is 16. The van der Waals surface area contributed by atoms with E-state index in [1.54, 1.807) is 12.2 Å². The normalized spacial score (nSPS) is 14.5. The Morgan fingerprint density at radius 2 is 0.914 bits per heavy atom. The topological polar surface area (TPSA) is 52.6 Å². The van der Waals surface area contributed by atoms with Crippen LogP contribution in [0.5, 0.6) is 11.5 Å². The Morgan fingerprint density at radius 1 is 0.543 bits per heavy atom. The van der Waals surface area contributed by atoms with Gasteiger partial charge < -0.3 is 9.47 Å². The second kappa shape index (κ2) is 14.1. The number of unbranched alkanes of at least 4 members (excludes halogenated alkanes) is 8. The molecule has 2 aromatic rings. The molecule has 0 saturated heterocycles. The van der Waals surface area contributed by atoms with E-state index in [1.807, 2.05) is 48.5 Å². The fourth-order valence-electron chi connectivity index (χ4n) is 4.17. The summed E-state index contributed by atoms with van der Waals surface area (Å²) in [5, 5.41) is 0. The SMILES string of the molecule is CCCCCCCOc1ccc(C2=CC=C(c3ccc(OCCCCCCC)cc3)S2(=O)=O)cc1. The fraction of sp³-hybridized carbons (Fsp3) is 0.467. The van der Waals surface area contributed by atoms with Gasteiger partial charge in [-0.3, -0.25) is 0 Å². The molecule has 2 aromatic carbocycles. The smallest absolute Gasteiger partial charge is 0.207 e. The van der Waals surface area contributed by atoms with Crippen molar-refractivity contribution in [3.05, 3.63) is 71.8 Å². The van der Waals surface area contributed by atoms with Gasteiger partial charge in [0.1, 0.15) is 11.5 Å². The second-order valence-corrected chi connectivity index (χ2v) is 11.0. The standard InChI is InChI=1S/C30H40O4S/c1-3-5-7-9-11-23-33-27-17-13-25(14-18-27)29-21-22-30(35(29,31)32)26-15-19-28(20-16-26)34-24-12-10-8-6-4-2/h13-22H,3-12,23-24H2,1-2H3. The average molecular weight is 497 g/mol. The Kier molecular flexibility index (Phi) is 10.9. The Morgan fingerprint density at radius 3 is 1.29 bits per heavy atom. The molecule has 0 radical (unpaired) electrons. The summed E-state index contributed by atoms with van der Waals surface area (Å²) >= 11 is 0. The van der Waals surface area contributed by atoms with Crippen molar-refractivity contribution >= 4 is 19.6 Å². The first kappa shape index (κ1) is 27.1. The molecule has 4 nitrogen and oxygen atoms in total. The molecular formula is C30H40O4S. The lowest BCUT2D eigenvalue weighted by molar-refractivity contribution is 0.304. The fourth-order valence-corrected chi connectivity index (χ4v) is 5.80.